The molecule has 3 aliphatic carbocycles. The second kappa shape index (κ2) is 6.74. The fourth-order valence-corrected chi connectivity index (χ4v) is 6.69. The number of nitrogens with zero attached hydrogens (tertiary/aromatic N) is 2. The molecule has 2 saturated heterocycles. The zero-order valence-corrected chi connectivity index (χ0v) is 17.7. The average molecular weight is 421 g/mol. The highest BCUT2D eigenvalue weighted by Crippen LogP contribution is 2.73. The number of carbonyl (C=O) groups excluding carboxylic acids is 3. The van der Waals surface area contributed by atoms with Crippen molar-refractivity contribution in [1.29, 1.82) is 0 Å². The van der Waals surface area contributed by atoms with Crippen molar-refractivity contribution >= 4 is 17.7 Å². The van der Waals surface area contributed by atoms with Crippen LogP contribution in [0.3, 0.4) is 0 Å². The van der Waals surface area contributed by atoms with Crippen LogP contribution in [0.15, 0.2) is 36.4 Å². The Morgan fingerprint density at radius 2 is 1.74 bits per heavy atom. The highest BCUT2D eigenvalue weighted by molar-refractivity contribution is 6.09. The van der Waals surface area contributed by atoms with Gasteiger partial charge in [-0.2, -0.15) is 5.01 Å². The minimum absolute atomic E-state index is 0.130. The summed E-state index contributed by atoms with van der Waals surface area (Å²) in [5.74, 6) is -0.266. The zero-order valence-electron chi connectivity index (χ0n) is 17.7. The van der Waals surface area contributed by atoms with Crippen LogP contribution >= 0.6 is 0 Å². The van der Waals surface area contributed by atoms with Gasteiger partial charge in [0.25, 0.3) is 17.7 Å². The van der Waals surface area contributed by atoms with Gasteiger partial charge < -0.3 is 5.32 Å². The number of rotatable bonds is 4. The fourth-order valence-electron chi connectivity index (χ4n) is 6.69. The van der Waals surface area contributed by atoms with Gasteiger partial charge in [-0.15, -0.1) is 0 Å². The Hall–Kier alpha value is -2.51. The van der Waals surface area contributed by atoms with Crippen molar-refractivity contribution in [3.8, 4) is 0 Å². The van der Waals surface area contributed by atoms with E-state index in [1.165, 1.54) is 0 Å². The summed E-state index contributed by atoms with van der Waals surface area (Å²) in [5, 5.41) is 4.38. The molecule has 0 aromatic heterocycles. The fraction of sp³-hybridized carbons (Fsp3) is 0.542. The first kappa shape index (κ1) is 19.2. The maximum atomic E-state index is 13.0. The third kappa shape index (κ3) is 2.76. The number of imide groups is 1. The van der Waals surface area contributed by atoms with Crippen LogP contribution in [-0.4, -0.2) is 53.3 Å². The molecular weight excluding hydrogens is 392 g/mol. The summed E-state index contributed by atoms with van der Waals surface area (Å²) in [5.41, 5.74) is 5.28. The van der Waals surface area contributed by atoms with Gasteiger partial charge in [0.15, 0.2) is 0 Å². The maximum absolute atomic E-state index is 13.0. The summed E-state index contributed by atoms with van der Waals surface area (Å²) in [6.45, 7) is 10.2. The zero-order chi connectivity index (χ0) is 21.4. The third-order valence-electron chi connectivity index (χ3n) is 8.30. The molecule has 2 bridgehead atoms. The van der Waals surface area contributed by atoms with Gasteiger partial charge in [0, 0.05) is 37.8 Å². The number of piperazine rings is 1. The van der Waals surface area contributed by atoms with E-state index in [1.54, 1.807) is 12.1 Å². The topological polar surface area (TPSA) is 81.8 Å². The Kier molecular flexibility index (Phi) is 4.17. The molecule has 0 spiro atoms. The van der Waals surface area contributed by atoms with E-state index in [1.807, 2.05) is 12.1 Å². The number of carbonyl (C=O) groups is 3. The van der Waals surface area contributed by atoms with Crippen molar-refractivity contribution in [2.75, 3.05) is 19.6 Å². The summed E-state index contributed by atoms with van der Waals surface area (Å²) in [7, 11) is 0. The Morgan fingerprint density at radius 3 is 2.35 bits per heavy atom. The van der Waals surface area contributed by atoms with Gasteiger partial charge in [0.2, 0.25) is 0 Å². The number of hydrazine groups is 1. The lowest BCUT2D eigenvalue weighted by Crippen LogP contribution is -2.49. The molecule has 5 aliphatic rings. The van der Waals surface area contributed by atoms with Crippen molar-refractivity contribution in [1.82, 2.24) is 20.7 Å². The second-order valence-electron chi connectivity index (χ2n) is 9.91. The highest BCUT2D eigenvalue weighted by Gasteiger charge is 2.73. The monoisotopic (exact) mass is 420 g/mol. The Balaban J connectivity index is 1.13. The molecular formula is C24H28N4O3. The van der Waals surface area contributed by atoms with Gasteiger partial charge in [-0.25, -0.2) is 0 Å². The molecule has 7 nitrogen and oxygen atoms in total. The van der Waals surface area contributed by atoms with Gasteiger partial charge >= 0.3 is 0 Å². The molecule has 5 fully saturated rings. The number of hydrogen-bond donors (Lipinski definition) is 2. The normalized spacial score (nSPS) is 38.4. The van der Waals surface area contributed by atoms with E-state index in [2.05, 4.69) is 29.1 Å². The predicted octanol–water partition coefficient (Wildman–Crippen LogP) is 1.18. The van der Waals surface area contributed by atoms with Gasteiger partial charge in [-0.1, -0.05) is 24.3 Å². The molecule has 31 heavy (non-hydrogen) atoms. The number of benzene rings is 1. The number of hydrogen-bond acceptors (Lipinski definition) is 5. The van der Waals surface area contributed by atoms with Crippen LogP contribution in [0.2, 0.25) is 0 Å². The molecule has 1 aromatic carbocycles. The lowest BCUT2D eigenvalue weighted by atomic mass is 9.81. The van der Waals surface area contributed by atoms with Gasteiger partial charge in [-0.05, 0) is 54.7 Å². The number of allylic oxidation sites excluding steroid dienone is 1. The van der Waals surface area contributed by atoms with E-state index >= 15 is 0 Å². The lowest BCUT2D eigenvalue weighted by Gasteiger charge is -2.33. The summed E-state index contributed by atoms with van der Waals surface area (Å²) in [4.78, 5) is 41.2. The SMILES string of the molecule is C=C1C2C3CC3C1C1C(=O)N(NC(=O)c3ccc(CN4CCNCC4C)cc3)C(=O)C21. The van der Waals surface area contributed by atoms with Crippen LogP contribution in [0.1, 0.15) is 29.3 Å². The van der Waals surface area contributed by atoms with E-state index in [4.69, 9.17) is 0 Å². The molecule has 162 valence electrons. The van der Waals surface area contributed by atoms with E-state index in [-0.39, 0.29) is 35.5 Å². The van der Waals surface area contributed by atoms with Gasteiger partial charge in [-0.3, -0.25) is 24.7 Å². The minimum atomic E-state index is -0.417. The summed E-state index contributed by atoms with van der Waals surface area (Å²) in [6.07, 6.45) is 1.12. The first-order valence-electron chi connectivity index (χ1n) is 11.4. The van der Waals surface area contributed by atoms with Crippen molar-refractivity contribution in [3.05, 3.63) is 47.5 Å². The van der Waals surface area contributed by atoms with E-state index < -0.39 is 5.91 Å². The summed E-state index contributed by atoms with van der Waals surface area (Å²) >= 11 is 0. The van der Waals surface area contributed by atoms with Crippen LogP contribution in [-0.2, 0) is 16.1 Å². The summed E-state index contributed by atoms with van der Waals surface area (Å²) in [6, 6.07) is 7.91. The number of fused-ring (bicyclic) bond motifs is 8. The molecule has 7 heteroatoms. The predicted molar refractivity (Wildman–Crippen MR) is 113 cm³/mol. The van der Waals surface area contributed by atoms with Crippen LogP contribution in [0, 0.1) is 35.5 Å². The van der Waals surface area contributed by atoms with Crippen molar-refractivity contribution in [2.24, 2.45) is 35.5 Å². The van der Waals surface area contributed by atoms with E-state index in [0.717, 1.165) is 48.7 Å². The molecule has 3 saturated carbocycles. The first-order valence-corrected chi connectivity index (χ1v) is 11.4. The first-order chi connectivity index (χ1) is 15.0. The number of nitrogens with one attached hydrogen (secondary N) is 2. The van der Waals surface area contributed by atoms with Gasteiger partial charge in [0.05, 0.1) is 11.8 Å². The van der Waals surface area contributed by atoms with Crippen LogP contribution in [0.5, 0.6) is 0 Å². The Bertz CT molecular complexity index is 953. The van der Waals surface area contributed by atoms with Crippen LogP contribution in [0.4, 0.5) is 0 Å². The quantitative estimate of drug-likeness (QED) is 0.565. The van der Waals surface area contributed by atoms with Crippen molar-refractivity contribution in [3.63, 3.8) is 0 Å². The molecule has 3 amide bonds. The molecule has 0 radical (unpaired) electrons. The largest absolute Gasteiger partial charge is 0.314 e. The van der Waals surface area contributed by atoms with Crippen molar-refractivity contribution in [2.45, 2.75) is 25.9 Å². The minimum Gasteiger partial charge on any atom is -0.314 e. The average Bonchev–Trinajstić information content (AvgIpc) is 3.38. The van der Waals surface area contributed by atoms with Crippen molar-refractivity contribution < 1.29 is 14.4 Å². The highest BCUT2D eigenvalue weighted by atomic mass is 16.2. The standard InChI is InChI=1S/C24H28N4O3/c1-12-10-25-7-8-27(12)11-14-3-5-15(6-4-14)22(29)26-28-23(30)20-18-13(2)19(17-9-16(17)18)21(20)24(28)31/h3-6,12,16-21,25H,2,7-11H2,1H3,(H,26,29). The van der Waals surface area contributed by atoms with Crippen LogP contribution in [0.25, 0.3) is 0 Å². The molecule has 7 unspecified atom stereocenters. The lowest BCUT2D eigenvalue weighted by molar-refractivity contribution is -0.143. The molecule has 1 aromatic rings. The smallest absolute Gasteiger partial charge is 0.270 e. The summed E-state index contributed by atoms with van der Waals surface area (Å²) < 4.78 is 0. The van der Waals surface area contributed by atoms with E-state index in [0.29, 0.717) is 23.4 Å². The number of amides is 3. The van der Waals surface area contributed by atoms with Crippen LogP contribution < -0.4 is 10.7 Å². The molecule has 2 N–H and O–H groups in total. The molecule has 2 aliphatic heterocycles. The Morgan fingerprint density at radius 1 is 1.10 bits per heavy atom. The molecule has 6 rings (SSSR count). The van der Waals surface area contributed by atoms with E-state index in [9.17, 15) is 14.4 Å². The third-order valence-corrected chi connectivity index (χ3v) is 8.30. The molecule has 2 heterocycles. The maximum Gasteiger partial charge on any atom is 0.270 e. The molecule has 7 atom stereocenters. The second-order valence-corrected chi connectivity index (χ2v) is 9.91. The van der Waals surface area contributed by atoms with Gasteiger partial charge in [0.1, 0.15) is 0 Å². The Labute approximate surface area is 181 Å².